The number of primary amides is 1. The van der Waals surface area contributed by atoms with Crippen LogP contribution in [0.3, 0.4) is 0 Å². The van der Waals surface area contributed by atoms with Crippen LogP contribution in [0.15, 0.2) is 47.2 Å². The van der Waals surface area contributed by atoms with E-state index >= 15 is 0 Å². The highest BCUT2D eigenvalue weighted by atomic mass is 16.5. The number of fused-ring (bicyclic) bond motifs is 1. The number of benzene rings is 1. The van der Waals surface area contributed by atoms with Crippen molar-refractivity contribution in [1.29, 1.82) is 0 Å². The quantitative estimate of drug-likeness (QED) is 0.475. The Bertz CT molecular complexity index is 1280. The molecule has 0 aliphatic carbocycles. The summed E-state index contributed by atoms with van der Waals surface area (Å²) >= 11 is 0. The molecule has 33 heavy (non-hydrogen) atoms. The number of aromatic nitrogens is 3. The SMILES string of the molecule is Cc1noc(C)c1-c1cnc2c(-c3ccc(CC(N)=O)cc3)cn(CC3CCOCC3)c2c1. The molecule has 0 radical (unpaired) electrons. The van der Waals surface area contributed by atoms with Gasteiger partial charge in [-0.3, -0.25) is 9.78 Å². The van der Waals surface area contributed by atoms with Crippen LogP contribution in [0.1, 0.15) is 29.9 Å². The second kappa shape index (κ2) is 8.83. The Morgan fingerprint density at radius 2 is 1.91 bits per heavy atom. The zero-order valence-corrected chi connectivity index (χ0v) is 19.0. The Kier molecular flexibility index (Phi) is 5.72. The lowest BCUT2D eigenvalue weighted by atomic mass is 10.0. The number of pyridine rings is 1. The number of hydrogen-bond acceptors (Lipinski definition) is 5. The Hall–Kier alpha value is -3.45. The molecule has 4 heterocycles. The van der Waals surface area contributed by atoms with Crippen molar-refractivity contribution in [1.82, 2.24) is 14.7 Å². The first kappa shape index (κ1) is 21.4. The fourth-order valence-corrected chi connectivity index (χ4v) is 4.77. The van der Waals surface area contributed by atoms with E-state index in [9.17, 15) is 4.79 Å². The number of amides is 1. The molecular formula is C26H28N4O3. The number of aryl methyl sites for hydroxylation is 2. The Labute approximate surface area is 192 Å². The summed E-state index contributed by atoms with van der Waals surface area (Å²) in [6, 6.07) is 10.2. The smallest absolute Gasteiger partial charge is 0.221 e. The lowest BCUT2D eigenvalue weighted by Gasteiger charge is -2.22. The van der Waals surface area contributed by atoms with Crippen molar-refractivity contribution in [3.05, 3.63) is 59.7 Å². The first-order chi connectivity index (χ1) is 16.0. The van der Waals surface area contributed by atoms with Crippen molar-refractivity contribution >= 4 is 16.9 Å². The lowest BCUT2D eigenvalue weighted by molar-refractivity contribution is -0.117. The van der Waals surface area contributed by atoms with Crippen LogP contribution in [0.2, 0.25) is 0 Å². The van der Waals surface area contributed by atoms with Gasteiger partial charge in [0, 0.05) is 48.8 Å². The summed E-state index contributed by atoms with van der Waals surface area (Å²) < 4.78 is 13.3. The minimum absolute atomic E-state index is 0.241. The molecule has 2 N–H and O–H groups in total. The summed E-state index contributed by atoms with van der Waals surface area (Å²) in [5, 5.41) is 4.11. The van der Waals surface area contributed by atoms with Gasteiger partial charge in [-0.1, -0.05) is 29.4 Å². The molecule has 1 aliphatic rings. The number of carbonyl (C=O) groups excluding carboxylic acids is 1. The van der Waals surface area contributed by atoms with Gasteiger partial charge in [0.25, 0.3) is 0 Å². The largest absolute Gasteiger partial charge is 0.381 e. The van der Waals surface area contributed by atoms with E-state index in [0.29, 0.717) is 5.92 Å². The lowest BCUT2D eigenvalue weighted by Crippen LogP contribution is -2.20. The van der Waals surface area contributed by atoms with Gasteiger partial charge in [-0.15, -0.1) is 0 Å². The van der Waals surface area contributed by atoms with E-state index in [1.165, 1.54) is 0 Å². The maximum absolute atomic E-state index is 11.3. The van der Waals surface area contributed by atoms with Crippen molar-refractivity contribution in [3.8, 4) is 22.3 Å². The predicted octanol–water partition coefficient (Wildman–Crippen LogP) is 4.43. The maximum atomic E-state index is 11.3. The number of nitrogens with two attached hydrogens (primary N) is 1. The molecule has 0 bridgehead atoms. The third kappa shape index (κ3) is 4.28. The average Bonchev–Trinajstić information content (AvgIpc) is 3.33. The second-order valence-corrected chi connectivity index (χ2v) is 8.88. The Morgan fingerprint density at radius 1 is 1.15 bits per heavy atom. The van der Waals surface area contributed by atoms with Crippen molar-refractivity contribution in [2.75, 3.05) is 13.2 Å². The standard InChI is InChI=1S/C26H28N4O3/c1-16-25(17(2)33-29-16)21-12-23-26(28-13-21)22(15-30(23)14-19-7-9-32-10-8-19)20-5-3-18(4-6-20)11-24(27)31/h3-6,12-13,15,19H,7-11,14H2,1-2H3,(H2,27,31). The number of hydrogen-bond donors (Lipinski definition) is 1. The van der Waals surface area contributed by atoms with Gasteiger partial charge < -0.3 is 19.6 Å². The van der Waals surface area contributed by atoms with Crippen LogP contribution in [0.5, 0.6) is 0 Å². The molecule has 0 spiro atoms. The van der Waals surface area contributed by atoms with Crippen molar-refractivity contribution in [3.63, 3.8) is 0 Å². The summed E-state index contributed by atoms with van der Waals surface area (Å²) in [5.41, 5.74) is 13.3. The molecule has 4 aromatic rings. The highest BCUT2D eigenvalue weighted by Gasteiger charge is 2.20. The zero-order valence-electron chi connectivity index (χ0n) is 19.0. The summed E-state index contributed by atoms with van der Waals surface area (Å²) in [4.78, 5) is 16.1. The maximum Gasteiger partial charge on any atom is 0.221 e. The van der Waals surface area contributed by atoms with Gasteiger partial charge in [0.05, 0.1) is 23.1 Å². The molecule has 0 saturated carbocycles. The number of ether oxygens (including phenoxy) is 1. The molecule has 1 amide bonds. The molecule has 5 rings (SSSR count). The van der Waals surface area contributed by atoms with E-state index in [4.69, 9.17) is 20.0 Å². The average molecular weight is 445 g/mol. The van der Waals surface area contributed by atoms with Crippen LogP contribution in [0.4, 0.5) is 0 Å². The molecule has 0 atom stereocenters. The van der Waals surface area contributed by atoms with Gasteiger partial charge in [-0.25, -0.2) is 0 Å². The van der Waals surface area contributed by atoms with Gasteiger partial charge in [-0.05, 0) is 49.8 Å². The van der Waals surface area contributed by atoms with E-state index < -0.39 is 0 Å². The Balaban J connectivity index is 1.59. The monoisotopic (exact) mass is 444 g/mol. The third-order valence-electron chi connectivity index (χ3n) is 6.48. The van der Waals surface area contributed by atoms with Gasteiger partial charge >= 0.3 is 0 Å². The molecule has 1 saturated heterocycles. The molecule has 7 nitrogen and oxygen atoms in total. The van der Waals surface area contributed by atoms with E-state index in [0.717, 1.165) is 82.9 Å². The van der Waals surface area contributed by atoms with E-state index in [1.807, 2.05) is 44.3 Å². The first-order valence-electron chi connectivity index (χ1n) is 11.4. The topological polar surface area (TPSA) is 96.2 Å². The molecule has 3 aromatic heterocycles. The summed E-state index contributed by atoms with van der Waals surface area (Å²) in [7, 11) is 0. The van der Waals surface area contributed by atoms with Crippen LogP contribution in [0.25, 0.3) is 33.3 Å². The van der Waals surface area contributed by atoms with Crippen LogP contribution in [-0.4, -0.2) is 33.8 Å². The van der Waals surface area contributed by atoms with Gasteiger partial charge in [0.2, 0.25) is 5.91 Å². The molecular weight excluding hydrogens is 416 g/mol. The number of carbonyl (C=O) groups is 1. The van der Waals surface area contributed by atoms with E-state index in [-0.39, 0.29) is 12.3 Å². The van der Waals surface area contributed by atoms with Gasteiger partial charge in [0.1, 0.15) is 5.76 Å². The fourth-order valence-electron chi connectivity index (χ4n) is 4.77. The van der Waals surface area contributed by atoms with Crippen LogP contribution in [-0.2, 0) is 22.5 Å². The van der Waals surface area contributed by atoms with Crippen molar-refractivity contribution in [2.24, 2.45) is 11.7 Å². The van der Waals surface area contributed by atoms with Gasteiger partial charge in [-0.2, -0.15) is 0 Å². The summed E-state index contributed by atoms with van der Waals surface area (Å²) in [5.74, 6) is 1.04. The Morgan fingerprint density at radius 3 is 2.58 bits per heavy atom. The molecule has 1 fully saturated rings. The highest BCUT2D eigenvalue weighted by Crippen LogP contribution is 2.35. The van der Waals surface area contributed by atoms with Gasteiger partial charge in [0.15, 0.2) is 0 Å². The van der Waals surface area contributed by atoms with Crippen LogP contribution < -0.4 is 5.73 Å². The number of rotatable bonds is 6. The predicted molar refractivity (Wildman–Crippen MR) is 127 cm³/mol. The fraction of sp³-hybridized carbons (Fsp3) is 0.346. The summed E-state index contributed by atoms with van der Waals surface area (Å²) in [6.07, 6.45) is 6.47. The first-order valence-corrected chi connectivity index (χ1v) is 11.4. The third-order valence-corrected chi connectivity index (χ3v) is 6.48. The molecule has 170 valence electrons. The minimum atomic E-state index is -0.329. The van der Waals surface area contributed by atoms with Crippen LogP contribution in [0, 0.1) is 19.8 Å². The minimum Gasteiger partial charge on any atom is -0.381 e. The van der Waals surface area contributed by atoms with E-state index in [1.54, 1.807) is 0 Å². The van der Waals surface area contributed by atoms with Crippen LogP contribution >= 0.6 is 0 Å². The molecule has 1 aliphatic heterocycles. The zero-order chi connectivity index (χ0) is 22.9. The second-order valence-electron chi connectivity index (χ2n) is 8.88. The molecule has 1 aromatic carbocycles. The molecule has 7 heteroatoms. The normalized spacial score (nSPS) is 14.7. The van der Waals surface area contributed by atoms with Crippen molar-refractivity contribution < 1.29 is 14.1 Å². The number of nitrogens with zero attached hydrogens (tertiary/aromatic N) is 3. The molecule has 0 unspecified atom stereocenters. The highest BCUT2D eigenvalue weighted by molar-refractivity contribution is 5.95. The van der Waals surface area contributed by atoms with E-state index in [2.05, 4.69) is 22.0 Å². The van der Waals surface area contributed by atoms with Crippen molar-refractivity contribution in [2.45, 2.75) is 39.7 Å². The summed E-state index contributed by atoms with van der Waals surface area (Å²) in [6.45, 7) is 6.45.